The van der Waals surface area contributed by atoms with Gasteiger partial charge in [-0.15, -0.1) is 11.3 Å². The number of halogens is 1. The van der Waals surface area contributed by atoms with E-state index in [-0.39, 0.29) is 5.78 Å². The van der Waals surface area contributed by atoms with Gasteiger partial charge in [0.2, 0.25) is 0 Å². The van der Waals surface area contributed by atoms with Crippen LogP contribution in [0.5, 0.6) is 0 Å². The minimum atomic E-state index is 0.221. The number of thiophene rings is 1. The molecular formula is C20H28INOS. The van der Waals surface area contributed by atoms with Gasteiger partial charge in [0.1, 0.15) is 0 Å². The van der Waals surface area contributed by atoms with Crippen molar-refractivity contribution in [2.45, 2.75) is 52.4 Å². The molecule has 2 heterocycles. The monoisotopic (exact) mass is 457 g/mol. The standard InChI is InChI=1S/C20H28INOS/c1-4-14-5-7-15(8-6-14)18-12-22(3)10-9-16(18)17-11-19(21)24-20(17)13(2)23/h11,14-15H,4-10,12H2,1-3H3. The number of ketones is 1. The van der Waals surface area contributed by atoms with Crippen LogP contribution in [0.25, 0.3) is 5.57 Å². The Morgan fingerprint density at radius 2 is 2.04 bits per heavy atom. The third kappa shape index (κ3) is 3.96. The maximum Gasteiger partial charge on any atom is 0.170 e. The number of Topliss-reactive ketones (excluding diaryl/α,β-unsaturated/α-hetero) is 1. The van der Waals surface area contributed by atoms with E-state index in [1.54, 1.807) is 23.8 Å². The zero-order chi connectivity index (χ0) is 17.3. The van der Waals surface area contributed by atoms with Gasteiger partial charge in [0.05, 0.1) is 7.76 Å². The fraction of sp³-hybridized carbons (Fsp3) is 0.650. The highest BCUT2D eigenvalue weighted by atomic mass is 127. The molecule has 1 aromatic heterocycles. The molecule has 2 aliphatic rings. The number of carbonyl (C=O) groups excluding carboxylic acids is 1. The highest BCUT2D eigenvalue weighted by Gasteiger charge is 2.29. The molecule has 0 aromatic carbocycles. The van der Waals surface area contributed by atoms with Crippen molar-refractivity contribution < 1.29 is 4.79 Å². The third-order valence-corrected chi connectivity index (χ3v) is 7.83. The predicted molar refractivity (Wildman–Crippen MR) is 112 cm³/mol. The van der Waals surface area contributed by atoms with Crippen molar-refractivity contribution in [1.82, 2.24) is 4.90 Å². The molecule has 0 atom stereocenters. The molecule has 1 saturated carbocycles. The molecule has 1 aliphatic heterocycles. The summed E-state index contributed by atoms with van der Waals surface area (Å²) in [5.74, 6) is 1.88. The van der Waals surface area contributed by atoms with Crippen molar-refractivity contribution in [1.29, 1.82) is 0 Å². The molecule has 24 heavy (non-hydrogen) atoms. The first kappa shape index (κ1) is 18.6. The summed E-state index contributed by atoms with van der Waals surface area (Å²) >= 11 is 4.02. The summed E-state index contributed by atoms with van der Waals surface area (Å²) in [4.78, 5) is 15.6. The van der Waals surface area contributed by atoms with E-state index in [9.17, 15) is 4.79 Å². The lowest BCUT2D eigenvalue weighted by atomic mass is 9.74. The number of nitrogens with zero attached hydrogens (tertiary/aromatic N) is 1. The van der Waals surface area contributed by atoms with E-state index in [1.807, 2.05) is 0 Å². The maximum atomic E-state index is 12.1. The van der Waals surface area contributed by atoms with Crippen molar-refractivity contribution in [2.75, 3.05) is 20.1 Å². The lowest BCUT2D eigenvalue weighted by Gasteiger charge is -2.36. The van der Waals surface area contributed by atoms with Crippen LogP contribution in [0.15, 0.2) is 11.6 Å². The Kier molecular flexibility index (Phi) is 6.20. The van der Waals surface area contributed by atoms with Crippen molar-refractivity contribution >= 4 is 45.3 Å². The minimum Gasteiger partial charge on any atom is -0.302 e. The predicted octanol–water partition coefficient (Wildman–Crippen LogP) is 5.86. The van der Waals surface area contributed by atoms with Gasteiger partial charge in [-0.25, -0.2) is 0 Å². The second kappa shape index (κ2) is 8.00. The van der Waals surface area contributed by atoms with Crippen molar-refractivity contribution in [3.8, 4) is 0 Å². The zero-order valence-electron chi connectivity index (χ0n) is 15.0. The summed E-state index contributed by atoms with van der Waals surface area (Å²) in [6.45, 7) is 6.23. The lowest BCUT2D eigenvalue weighted by molar-refractivity contribution is 0.102. The van der Waals surface area contributed by atoms with Gasteiger partial charge in [0.25, 0.3) is 0 Å². The topological polar surface area (TPSA) is 20.3 Å². The van der Waals surface area contributed by atoms with Crippen LogP contribution in [-0.2, 0) is 0 Å². The smallest absolute Gasteiger partial charge is 0.170 e. The second-order valence-electron chi connectivity index (χ2n) is 7.47. The van der Waals surface area contributed by atoms with Gasteiger partial charge in [0.15, 0.2) is 5.78 Å². The largest absolute Gasteiger partial charge is 0.302 e. The molecule has 1 aliphatic carbocycles. The van der Waals surface area contributed by atoms with Gasteiger partial charge >= 0.3 is 0 Å². The number of likely N-dealkylation sites (N-methyl/N-ethyl adjacent to an activating group) is 1. The third-order valence-electron chi connectivity index (χ3n) is 5.84. The van der Waals surface area contributed by atoms with Gasteiger partial charge in [-0.05, 0) is 97.7 Å². The molecule has 0 N–H and O–H groups in total. The van der Waals surface area contributed by atoms with Crippen LogP contribution in [-0.4, -0.2) is 30.8 Å². The number of hydrogen-bond acceptors (Lipinski definition) is 3. The molecule has 132 valence electrons. The fourth-order valence-corrected chi connectivity index (χ4v) is 6.16. The zero-order valence-corrected chi connectivity index (χ0v) is 18.0. The van der Waals surface area contributed by atoms with Crippen molar-refractivity contribution in [3.63, 3.8) is 0 Å². The van der Waals surface area contributed by atoms with Crippen molar-refractivity contribution in [3.05, 3.63) is 25.0 Å². The Morgan fingerprint density at radius 1 is 1.33 bits per heavy atom. The van der Waals surface area contributed by atoms with E-state index >= 15 is 0 Å². The van der Waals surface area contributed by atoms with Crippen LogP contribution in [0.4, 0.5) is 0 Å². The van der Waals surface area contributed by atoms with E-state index in [0.29, 0.717) is 0 Å². The van der Waals surface area contributed by atoms with Crippen LogP contribution in [0, 0.1) is 14.7 Å². The second-order valence-corrected chi connectivity index (χ2v) is 10.4. The summed E-state index contributed by atoms with van der Waals surface area (Å²) in [7, 11) is 2.23. The molecule has 0 radical (unpaired) electrons. The van der Waals surface area contributed by atoms with Gasteiger partial charge < -0.3 is 4.90 Å². The lowest BCUT2D eigenvalue weighted by Crippen LogP contribution is -2.32. The Bertz CT molecular complexity index is 640. The van der Waals surface area contributed by atoms with E-state index < -0.39 is 0 Å². The van der Waals surface area contributed by atoms with Gasteiger partial charge in [0, 0.05) is 18.7 Å². The summed E-state index contributed by atoms with van der Waals surface area (Å²) in [6, 6.07) is 2.25. The SMILES string of the molecule is CCC1CCC(C2=C(c3cc(I)sc3C(C)=O)CCN(C)C2)CC1. The van der Waals surface area contributed by atoms with E-state index in [0.717, 1.165) is 36.2 Å². The summed E-state index contributed by atoms with van der Waals surface area (Å²) in [6.07, 6.45) is 7.84. The summed E-state index contributed by atoms with van der Waals surface area (Å²) in [5.41, 5.74) is 4.38. The average Bonchev–Trinajstić information content (AvgIpc) is 2.97. The van der Waals surface area contributed by atoms with Crippen LogP contribution < -0.4 is 0 Å². The fourth-order valence-electron chi connectivity index (χ4n) is 4.38. The molecule has 0 saturated heterocycles. The molecular weight excluding hydrogens is 429 g/mol. The minimum absolute atomic E-state index is 0.221. The van der Waals surface area contributed by atoms with Crippen LogP contribution >= 0.6 is 33.9 Å². The maximum absolute atomic E-state index is 12.1. The van der Waals surface area contributed by atoms with Crippen LogP contribution in [0.3, 0.4) is 0 Å². The molecule has 3 rings (SSSR count). The molecule has 0 bridgehead atoms. The molecule has 4 heteroatoms. The van der Waals surface area contributed by atoms with Gasteiger partial charge in [-0.2, -0.15) is 0 Å². The molecule has 2 nitrogen and oxygen atoms in total. The highest BCUT2D eigenvalue weighted by Crippen LogP contribution is 2.42. The molecule has 0 amide bonds. The normalized spacial score (nSPS) is 26.0. The Balaban J connectivity index is 1.97. The van der Waals surface area contributed by atoms with E-state index in [1.165, 1.54) is 46.1 Å². The van der Waals surface area contributed by atoms with Crippen LogP contribution in [0.1, 0.15) is 67.6 Å². The van der Waals surface area contributed by atoms with E-state index in [4.69, 9.17) is 0 Å². The van der Waals surface area contributed by atoms with Gasteiger partial charge in [-0.3, -0.25) is 4.79 Å². The van der Waals surface area contributed by atoms with Crippen LogP contribution in [0.2, 0.25) is 0 Å². The highest BCUT2D eigenvalue weighted by molar-refractivity contribution is 14.1. The molecule has 0 spiro atoms. The molecule has 0 unspecified atom stereocenters. The Hall–Kier alpha value is -0.200. The number of hydrogen-bond donors (Lipinski definition) is 0. The summed E-state index contributed by atoms with van der Waals surface area (Å²) in [5, 5.41) is 0. The summed E-state index contributed by atoms with van der Waals surface area (Å²) < 4.78 is 1.23. The Labute approximate surface area is 163 Å². The Morgan fingerprint density at radius 3 is 2.67 bits per heavy atom. The van der Waals surface area contributed by atoms with Crippen molar-refractivity contribution in [2.24, 2.45) is 11.8 Å². The first-order chi connectivity index (χ1) is 11.5. The molecule has 1 aromatic rings. The van der Waals surface area contributed by atoms with E-state index in [2.05, 4.69) is 47.5 Å². The first-order valence-corrected chi connectivity index (χ1v) is 11.1. The number of carbonyl (C=O) groups is 1. The van der Waals surface area contributed by atoms with Gasteiger partial charge in [-0.1, -0.05) is 13.3 Å². The first-order valence-electron chi connectivity index (χ1n) is 9.20. The number of rotatable bonds is 4. The molecule has 1 fully saturated rings. The average molecular weight is 457 g/mol. The quantitative estimate of drug-likeness (QED) is 0.417.